The minimum atomic E-state index is -3.64. The Kier molecular flexibility index (Phi) is 3.93. The molecule has 0 bridgehead atoms. The molecule has 0 radical (unpaired) electrons. The number of nitrogens with one attached hydrogen (secondary N) is 1. The van der Waals surface area contributed by atoms with Crippen molar-refractivity contribution in [3.63, 3.8) is 0 Å². The molecular weight excluding hydrogens is 280 g/mol. The zero-order valence-corrected chi connectivity index (χ0v) is 12.6. The lowest BCUT2D eigenvalue weighted by molar-refractivity contribution is 0.0683. The van der Waals surface area contributed by atoms with Crippen LogP contribution in [0.5, 0.6) is 0 Å². The van der Waals surface area contributed by atoms with E-state index in [4.69, 9.17) is 5.11 Å². The van der Waals surface area contributed by atoms with Gasteiger partial charge in [-0.1, -0.05) is 13.3 Å². The lowest BCUT2D eigenvalue weighted by Gasteiger charge is -2.09. The molecule has 0 aliphatic heterocycles. The van der Waals surface area contributed by atoms with Gasteiger partial charge >= 0.3 is 5.97 Å². The van der Waals surface area contributed by atoms with Crippen LogP contribution >= 0.6 is 0 Å². The van der Waals surface area contributed by atoms with Crippen molar-refractivity contribution in [3.8, 4) is 0 Å². The summed E-state index contributed by atoms with van der Waals surface area (Å²) in [5.41, 5.74) is -0.0109. The molecule has 6 nitrogen and oxygen atoms in total. The average molecular weight is 300 g/mol. The fourth-order valence-corrected chi connectivity index (χ4v) is 3.65. The molecular formula is C13H20N2O4S. The van der Waals surface area contributed by atoms with E-state index in [2.05, 4.69) is 4.72 Å². The molecule has 2 rings (SSSR count). The highest BCUT2D eigenvalue weighted by atomic mass is 32.2. The van der Waals surface area contributed by atoms with Crippen molar-refractivity contribution in [1.29, 1.82) is 0 Å². The van der Waals surface area contributed by atoms with Crippen LogP contribution < -0.4 is 4.72 Å². The number of carboxylic acid groups (broad SMARTS) is 1. The molecule has 2 atom stereocenters. The predicted molar refractivity (Wildman–Crippen MR) is 74.3 cm³/mol. The molecule has 1 aliphatic carbocycles. The van der Waals surface area contributed by atoms with Gasteiger partial charge in [0.15, 0.2) is 0 Å². The van der Waals surface area contributed by atoms with E-state index in [-0.39, 0.29) is 22.7 Å². The summed E-state index contributed by atoms with van der Waals surface area (Å²) in [6.07, 6.45) is 3.19. The minimum absolute atomic E-state index is 0.0109. The van der Waals surface area contributed by atoms with E-state index in [0.29, 0.717) is 5.92 Å². The number of sulfonamides is 1. The molecule has 0 saturated heterocycles. The summed E-state index contributed by atoms with van der Waals surface area (Å²) in [7, 11) is -3.64. The number of aromatic carboxylic acids is 1. The first-order valence-corrected chi connectivity index (χ1v) is 8.22. The third-order valence-electron chi connectivity index (χ3n) is 3.66. The van der Waals surface area contributed by atoms with Crippen LogP contribution in [0.2, 0.25) is 0 Å². The molecule has 1 aromatic rings. The van der Waals surface area contributed by atoms with Gasteiger partial charge in [-0.05, 0) is 32.3 Å². The summed E-state index contributed by atoms with van der Waals surface area (Å²) in [6.45, 7) is 5.64. The number of rotatable bonds is 6. The maximum atomic E-state index is 12.2. The molecule has 2 N–H and O–H groups in total. The van der Waals surface area contributed by atoms with Crippen molar-refractivity contribution >= 4 is 16.0 Å². The van der Waals surface area contributed by atoms with Crippen LogP contribution in [0.1, 0.15) is 50.1 Å². The summed E-state index contributed by atoms with van der Waals surface area (Å²) in [5.74, 6) is -0.728. The summed E-state index contributed by atoms with van der Waals surface area (Å²) >= 11 is 0. The lowest BCUT2D eigenvalue weighted by Crippen LogP contribution is -2.26. The van der Waals surface area contributed by atoms with E-state index in [0.717, 1.165) is 12.8 Å². The Bertz CT molecular complexity index is 618. The zero-order valence-electron chi connectivity index (χ0n) is 11.8. The Balaban J connectivity index is 2.28. The first-order valence-electron chi connectivity index (χ1n) is 6.73. The number of nitrogens with zero attached hydrogens (tertiary/aromatic N) is 1. The molecule has 1 heterocycles. The van der Waals surface area contributed by atoms with Gasteiger partial charge in [-0.3, -0.25) is 0 Å². The highest BCUT2D eigenvalue weighted by Gasteiger charge is 2.39. The van der Waals surface area contributed by atoms with Crippen LogP contribution in [0, 0.1) is 5.92 Å². The third-order valence-corrected chi connectivity index (χ3v) is 5.12. The van der Waals surface area contributed by atoms with Gasteiger partial charge in [0.1, 0.15) is 10.6 Å². The molecule has 0 aromatic carbocycles. The summed E-state index contributed by atoms with van der Waals surface area (Å²) < 4.78 is 28.6. The van der Waals surface area contributed by atoms with Crippen molar-refractivity contribution in [1.82, 2.24) is 9.29 Å². The number of carbonyl (C=O) groups is 1. The number of hydrogen-bond acceptors (Lipinski definition) is 3. The van der Waals surface area contributed by atoms with Gasteiger partial charge in [-0.15, -0.1) is 0 Å². The molecule has 1 aromatic heterocycles. The molecule has 20 heavy (non-hydrogen) atoms. The molecule has 2 unspecified atom stereocenters. The molecule has 1 fully saturated rings. The van der Waals surface area contributed by atoms with Crippen LogP contribution in [-0.2, 0) is 10.0 Å². The van der Waals surface area contributed by atoms with Crippen LogP contribution in [-0.4, -0.2) is 30.1 Å². The molecule has 112 valence electrons. The monoisotopic (exact) mass is 300 g/mol. The number of carboxylic acids is 1. The van der Waals surface area contributed by atoms with Crippen LogP contribution in [0.25, 0.3) is 0 Å². The standard InChI is InChI=1S/C13H20N2O4S/c1-4-9-5-11(9)14-20(18,19)10-6-12(13(16)17)15(7-10)8(2)3/h6-9,11,14H,4-5H2,1-3H3,(H,16,17). The Labute approximate surface area is 118 Å². The van der Waals surface area contributed by atoms with Crippen molar-refractivity contribution in [2.24, 2.45) is 5.92 Å². The Morgan fingerprint density at radius 1 is 1.55 bits per heavy atom. The van der Waals surface area contributed by atoms with E-state index in [1.165, 1.54) is 16.8 Å². The predicted octanol–water partition coefficient (Wildman–Crippen LogP) is 1.84. The third kappa shape index (κ3) is 2.88. The van der Waals surface area contributed by atoms with Crippen LogP contribution in [0.3, 0.4) is 0 Å². The summed E-state index contributed by atoms with van der Waals surface area (Å²) in [4.78, 5) is 11.2. The second kappa shape index (κ2) is 5.21. The minimum Gasteiger partial charge on any atom is -0.477 e. The van der Waals surface area contributed by atoms with Gasteiger partial charge in [0.2, 0.25) is 10.0 Å². The smallest absolute Gasteiger partial charge is 0.352 e. The van der Waals surface area contributed by atoms with Crippen LogP contribution in [0.4, 0.5) is 0 Å². The van der Waals surface area contributed by atoms with Gasteiger partial charge in [-0.2, -0.15) is 0 Å². The fourth-order valence-electron chi connectivity index (χ4n) is 2.31. The van der Waals surface area contributed by atoms with Crippen molar-refractivity contribution in [3.05, 3.63) is 18.0 Å². The molecule has 0 amide bonds. The Morgan fingerprint density at radius 3 is 2.60 bits per heavy atom. The Morgan fingerprint density at radius 2 is 2.20 bits per heavy atom. The normalized spacial score (nSPS) is 22.2. The summed E-state index contributed by atoms with van der Waals surface area (Å²) in [6, 6.07) is 1.09. The van der Waals surface area contributed by atoms with E-state index < -0.39 is 16.0 Å². The van der Waals surface area contributed by atoms with E-state index in [9.17, 15) is 13.2 Å². The van der Waals surface area contributed by atoms with Crippen molar-refractivity contribution in [2.45, 2.75) is 50.6 Å². The highest BCUT2D eigenvalue weighted by molar-refractivity contribution is 7.89. The fraction of sp³-hybridized carbons (Fsp3) is 0.615. The SMILES string of the molecule is CCC1CC1NS(=O)(=O)c1cc(C(=O)O)n(C(C)C)c1. The van der Waals surface area contributed by atoms with Gasteiger partial charge < -0.3 is 9.67 Å². The molecule has 0 spiro atoms. The van der Waals surface area contributed by atoms with Gasteiger partial charge in [0, 0.05) is 18.3 Å². The molecule has 1 aliphatic rings. The first-order chi connectivity index (χ1) is 9.26. The first kappa shape index (κ1) is 15.1. The second-order valence-electron chi connectivity index (χ2n) is 5.50. The maximum Gasteiger partial charge on any atom is 0.352 e. The van der Waals surface area contributed by atoms with Gasteiger partial charge in [-0.25, -0.2) is 17.9 Å². The number of hydrogen-bond donors (Lipinski definition) is 2. The quantitative estimate of drug-likeness (QED) is 0.839. The molecule has 7 heteroatoms. The average Bonchev–Trinajstić information content (AvgIpc) is 2.91. The second-order valence-corrected chi connectivity index (χ2v) is 7.21. The molecule has 1 saturated carbocycles. The van der Waals surface area contributed by atoms with E-state index in [1.807, 2.05) is 20.8 Å². The van der Waals surface area contributed by atoms with E-state index >= 15 is 0 Å². The van der Waals surface area contributed by atoms with Gasteiger partial charge in [0.25, 0.3) is 0 Å². The van der Waals surface area contributed by atoms with Crippen LogP contribution in [0.15, 0.2) is 17.2 Å². The zero-order chi connectivity index (χ0) is 15.1. The van der Waals surface area contributed by atoms with Crippen molar-refractivity contribution < 1.29 is 18.3 Å². The van der Waals surface area contributed by atoms with Crippen molar-refractivity contribution in [2.75, 3.05) is 0 Å². The van der Waals surface area contributed by atoms with Gasteiger partial charge in [0.05, 0.1) is 0 Å². The highest BCUT2D eigenvalue weighted by Crippen LogP contribution is 2.34. The van der Waals surface area contributed by atoms with E-state index in [1.54, 1.807) is 0 Å². The summed E-state index contributed by atoms with van der Waals surface area (Å²) in [5, 5.41) is 9.13. The maximum absolute atomic E-state index is 12.2. The Hall–Kier alpha value is -1.34. The number of aromatic nitrogens is 1. The largest absolute Gasteiger partial charge is 0.477 e. The topological polar surface area (TPSA) is 88.4 Å². The lowest BCUT2D eigenvalue weighted by atomic mass is 10.3.